The number of fused-ring (bicyclic) bond motifs is 1. The highest BCUT2D eigenvalue weighted by Crippen LogP contribution is 2.45. The second kappa shape index (κ2) is 10.0. The lowest BCUT2D eigenvalue weighted by molar-refractivity contribution is -0.153. The molecule has 34 heavy (non-hydrogen) atoms. The van der Waals surface area contributed by atoms with Gasteiger partial charge in [0.15, 0.2) is 22.4 Å². The van der Waals surface area contributed by atoms with E-state index < -0.39 is 29.0 Å². The van der Waals surface area contributed by atoms with Crippen LogP contribution in [0.1, 0.15) is 22.7 Å². The van der Waals surface area contributed by atoms with Crippen molar-refractivity contribution < 1.29 is 33.5 Å². The fourth-order valence-electron chi connectivity index (χ4n) is 3.57. The van der Waals surface area contributed by atoms with Gasteiger partial charge in [0.2, 0.25) is 5.91 Å². The molecule has 178 valence electrons. The van der Waals surface area contributed by atoms with Crippen molar-refractivity contribution in [3.05, 3.63) is 46.5 Å². The molecule has 0 saturated carbocycles. The second-order valence-corrected chi connectivity index (χ2v) is 10.1. The first-order valence-electron chi connectivity index (χ1n) is 9.78. The molecule has 4 heterocycles. The van der Waals surface area contributed by atoms with Crippen molar-refractivity contribution in [2.24, 2.45) is 11.1 Å². The molecule has 2 aliphatic rings. The summed E-state index contributed by atoms with van der Waals surface area (Å²) in [6.07, 6.45) is 1.20. The number of thiazole rings is 1. The molecule has 2 aromatic rings. The lowest BCUT2D eigenvalue weighted by atomic mass is 9.89. The summed E-state index contributed by atoms with van der Waals surface area (Å²) >= 11 is 3.39. The number of anilines is 1. The highest BCUT2D eigenvalue weighted by atomic mass is 32.2. The standard InChI is InChI=1S/C20H18N4O7S3/c1-30-23-14(11-8-34-20(21)22-11)12(25)5-10-16(26)24-15(18(27)28)9(6-32-17(10)24)7-33-19(29)13-3-2-4-31-13/h2-4,8,10,17H,5-7H2,1H3,(H2,21,22)(H,27,28)/b23-14-. The largest absolute Gasteiger partial charge is 0.477 e. The average Bonchev–Trinajstić information content (AvgIpc) is 3.50. The Labute approximate surface area is 205 Å². The Morgan fingerprint density at radius 1 is 1.44 bits per heavy atom. The molecule has 2 unspecified atom stereocenters. The van der Waals surface area contributed by atoms with E-state index in [4.69, 9.17) is 15.0 Å². The molecule has 0 aromatic carbocycles. The van der Waals surface area contributed by atoms with Gasteiger partial charge in [0.1, 0.15) is 18.5 Å². The van der Waals surface area contributed by atoms with Crippen LogP contribution >= 0.6 is 34.9 Å². The van der Waals surface area contributed by atoms with Crippen LogP contribution in [-0.4, -0.2) is 67.5 Å². The van der Waals surface area contributed by atoms with Crippen LogP contribution in [0, 0.1) is 5.92 Å². The predicted molar refractivity (Wildman–Crippen MR) is 126 cm³/mol. The Morgan fingerprint density at radius 2 is 2.24 bits per heavy atom. The van der Waals surface area contributed by atoms with Crippen molar-refractivity contribution in [2.75, 3.05) is 24.3 Å². The quantitative estimate of drug-likeness (QED) is 0.281. The minimum atomic E-state index is -1.26. The fourth-order valence-corrected chi connectivity index (χ4v) is 6.47. The number of nitrogens with two attached hydrogens (primary N) is 1. The van der Waals surface area contributed by atoms with Crippen molar-refractivity contribution in [1.29, 1.82) is 0 Å². The number of Topliss-reactive ketones (excluding diaryl/α,β-unsaturated/α-hetero) is 1. The Bertz CT molecular complexity index is 1200. The maximum atomic E-state index is 12.9. The molecular weight excluding hydrogens is 504 g/mol. The van der Waals surface area contributed by atoms with Crippen molar-refractivity contribution in [3.63, 3.8) is 0 Å². The summed E-state index contributed by atoms with van der Waals surface area (Å²) in [5.74, 6) is -2.34. The van der Waals surface area contributed by atoms with Gasteiger partial charge in [-0.2, -0.15) is 0 Å². The number of aromatic nitrogens is 1. The highest BCUT2D eigenvalue weighted by molar-refractivity contribution is 8.14. The Hall–Kier alpha value is -3.10. The molecule has 2 atom stereocenters. The van der Waals surface area contributed by atoms with Gasteiger partial charge in [-0.3, -0.25) is 19.3 Å². The summed E-state index contributed by atoms with van der Waals surface area (Å²) in [6.45, 7) is 0. The van der Waals surface area contributed by atoms with Crippen LogP contribution in [-0.2, 0) is 19.2 Å². The number of carboxylic acids is 1. The minimum Gasteiger partial charge on any atom is -0.477 e. The third-order valence-electron chi connectivity index (χ3n) is 5.08. The number of furan rings is 1. The number of carbonyl (C=O) groups is 4. The van der Waals surface area contributed by atoms with Crippen LogP contribution in [0.2, 0.25) is 0 Å². The van der Waals surface area contributed by atoms with Gasteiger partial charge in [0.25, 0.3) is 5.12 Å². The second-order valence-electron chi connectivity index (χ2n) is 7.15. The summed E-state index contributed by atoms with van der Waals surface area (Å²) in [6, 6.07) is 3.11. The van der Waals surface area contributed by atoms with Crippen LogP contribution < -0.4 is 5.73 Å². The number of aliphatic carboxylic acids is 1. The third kappa shape index (κ3) is 4.60. The van der Waals surface area contributed by atoms with Crippen molar-refractivity contribution in [3.8, 4) is 0 Å². The SMILES string of the molecule is CO/N=C(\C(=O)CC1C(=O)N2C(C(=O)O)=C(CSC(=O)c3ccco3)CSC12)c1csc(N)n1. The van der Waals surface area contributed by atoms with E-state index in [1.54, 1.807) is 11.4 Å². The summed E-state index contributed by atoms with van der Waals surface area (Å²) in [7, 11) is 1.29. The van der Waals surface area contributed by atoms with E-state index in [1.165, 1.54) is 36.1 Å². The van der Waals surface area contributed by atoms with Crippen LogP contribution in [0.15, 0.2) is 44.6 Å². The van der Waals surface area contributed by atoms with E-state index in [2.05, 4.69) is 10.1 Å². The summed E-state index contributed by atoms with van der Waals surface area (Å²) < 4.78 is 5.06. The number of rotatable bonds is 9. The number of hydrogen-bond acceptors (Lipinski definition) is 12. The molecule has 4 rings (SSSR count). The first kappa shape index (κ1) is 24.0. The molecule has 1 saturated heterocycles. The number of nitrogens with zero attached hydrogens (tertiary/aromatic N) is 3. The van der Waals surface area contributed by atoms with Gasteiger partial charge in [-0.1, -0.05) is 16.9 Å². The number of β-lactam (4-membered cyclic amide) rings is 1. The Kier molecular flexibility index (Phi) is 7.09. The number of hydrogen-bond donors (Lipinski definition) is 2. The van der Waals surface area contributed by atoms with E-state index in [0.29, 0.717) is 11.3 Å². The minimum absolute atomic E-state index is 0.0509. The van der Waals surface area contributed by atoms with Crippen LogP contribution in [0.5, 0.6) is 0 Å². The lowest BCUT2D eigenvalue weighted by Gasteiger charge is -2.49. The zero-order valence-corrected chi connectivity index (χ0v) is 20.1. The summed E-state index contributed by atoms with van der Waals surface area (Å²) in [5, 5.41) is 14.5. The molecule has 0 bridgehead atoms. The number of oxime groups is 1. The number of ketones is 1. The van der Waals surface area contributed by atoms with Crippen molar-refractivity contribution in [2.45, 2.75) is 11.8 Å². The van der Waals surface area contributed by atoms with Gasteiger partial charge >= 0.3 is 5.97 Å². The zero-order valence-electron chi connectivity index (χ0n) is 17.6. The van der Waals surface area contributed by atoms with E-state index >= 15 is 0 Å². The van der Waals surface area contributed by atoms with E-state index in [0.717, 1.165) is 23.1 Å². The molecular formula is C20H18N4O7S3. The summed E-state index contributed by atoms with van der Waals surface area (Å²) in [5.41, 5.74) is 6.15. The Morgan fingerprint density at radius 3 is 2.85 bits per heavy atom. The van der Waals surface area contributed by atoms with Crippen molar-refractivity contribution in [1.82, 2.24) is 9.88 Å². The number of carbonyl (C=O) groups excluding carboxylic acids is 3. The van der Waals surface area contributed by atoms with Crippen molar-refractivity contribution >= 4 is 68.5 Å². The van der Waals surface area contributed by atoms with E-state index in [9.17, 15) is 24.3 Å². The predicted octanol–water partition coefficient (Wildman–Crippen LogP) is 2.07. The topological polar surface area (TPSA) is 165 Å². The van der Waals surface area contributed by atoms with Gasteiger partial charge in [-0.25, -0.2) is 9.78 Å². The normalized spacial score (nSPS) is 20.1. The molecule has 11 nitrogen and oxygen atoms in total. The monoisotopic (exact) mass is 522 g/mol. The Balaban J connectivity index is 1.47. The van der Waals surface area contributed by atoms with E-state index in [1.807, 2.05) is 0 Å². The molecule has 3 N–H and O–H groups in total. The van der Waals surface area contributed by atoms with Gasteiger partial charge < -0.3 is 20.1 Å². The molecule has 0 aliphatic carbocycles. The number of amides is 1. The molecule has 2 aliphatic heterocycles. The molecule has 0 spiro atoms. The van der Waals surface area contributed by atoms with Crippen LogP contribution in [0.4, 0.5) is 5.13 Å². The zero-order chi connectivity index (χ0) is 24.4. The lowest BCUT2D eigenvalue weighted by Crippen LogP contribution is -2.62. The van der Waals surface area contributed by atoms with Gasteiger partial charge in [-0.05, 0) is 17.7 Å². The van der Waals surface area contributed by atoms with Crippen LogP contribution in [0.25, 0.3) is 0 Å². The molecule has 0 radical (unpaired) electrons. The maximum Gasteiger partial charge on any atom is 0.352 e. The smallest absolute Gasteiger partial charge is 0.352 e. The highest BCUT2D eigenvalue weighted by Gasteiger charge is 2.54. The third-order valence-corrected chi connectivity index (χ3v) is 8.10. The molecule has 1 amide bonds. The summed E-state index contributed by atoms with van der Waals surface area (Å²) in [4.78, 5) is 60.0. The first-order chi connectivity index (χ1) is 16.3. The van der Waals surface area contributed by atoms with Gasteiger partial charge in [0.05, 0.1) is 17.6 Å². The van der Waals surface area contributed by atoms with Gasteiger partial charge in [-0.15, -0.1) is 23.1 Å². The average molecular weight is 523 g/mol. The molecule has 14 heteroatoms. The number of carboxylic acid groups (broad SMARTS) is 1. The number of thioether (sulfide) groups is 2. The first-order valence-corrected chi connectivity index (χ1v) is 12.7. The maximum absolute atomic E-state index is 12.9. The van der Waals surface area contributed by atoms with Crippen LogP contribution in [0.3, 0.4) is 0 Å². The fraction of sp³-hybridized carbons (Fsp3) is 0.300. The van der Waals surface area contributed by atoms with Gasteiger partial charge in [0, 0.05) is 23.3 Å². The molecule has 2 aromatic heterocycles. The molecule has 1 fully saturated rings. The number of nitrogen functional groups attached to an aromatic ring is 1. The van der Waals surface area contributed by atoms with E-state index in [-0.39, 0.29) is 45.3 Å².